The Kier molecular flexibility index (Phi) is 4.07. The highest BCUT2D eigenvalue weighted by atomic mass is 15.2. The third-order valence-corrected chi connectivity index (χ3v) is 4.85. The maximum absolute atomic E-state index is 6.28. The molecule has 1 heterocycles. The van der Waals surface area contributed by atoms with Gasteiger partial charge in [0.25, 0.3) is 0 Å². The molecular formula is C14H30N2. The summed E-state index contributed by atoms with van der Waals surface area (Å²) in [6, 6.07) is 0.704. The predicted octanol–water partition coefficient (Wildman–Crippen LogP) is 2.87. The number of piperidine rings is 1. The molecule has 0 aromatic heterocycles. The molecule has 2 nitrogen and oxygen atoms in total. The smallest absolute Gasteiger partial charge is 0.0161 e. The second-order valence-corrected chi connectivity index (χ2v) is 6.94. The normalized spacial score (nSPS) is 29.4. The quantitative estimate of drug-likeness (QED) is 0.802. The number of hydrogen-bond acceptors (Lipinski definition) is 2. The van der Waals surface area contributed by atoms with Gasteiger partial charge in [0.15, 0.2) is 0 Å². The molecule has 2 N–H and O–H groups in total. The molecule has 16 heavy (non-hydrogen) atoms. The molecule has 0 bridgehead atoms. The van der Waals surface area contributed by atoms with Gasteiger partial charge in [0.1, 0.15) is 0 Å². The largest absolute Gasteiger partial charge is 0.325 e. The molecule has 2 atom stereocenters. The first-order valence-electron chi connectivity index (χ1n) is 6.68. The molecule has 1 aliphatic rings. The van der Waals surface area contributed by atoms with Crippen molar-refractivity contribution in [2.45, 2.75) is 66.0 Å². The fourth-order valence-corrected chi connectivity index (χ4v) is 2.36. The molecule has 0 aromatic rings. The van der Waals surface area contributed by atoms with Gasteiger partial charge < -0.3 is 5.73 Å². The van der Waals surface area contributed by atoms with Gasteiger partial charge in [-0.05, 0) is 51.5 Å². The van der Waals surface area contributed by atoms with Crippen LogP contribution in [0, 0.1) is 11.3 Å². The van der Waals surface area contributed by atoms with Crippen LogP contribution in [0.3, 0.4) is 0 Å². The van der Waals surface area contributed by atoms with Gasteiger partial charge in [-0.25, -0.2) is 0 Å². The summed E-state index contributed by atoms with van der Waals surface area (Å²) in [6.45, 7) is 16.0. The predicted molar refractivity (Wildman–Crippen MR) is 71.5 cm³/mol. The Morgan fingerprint density at radius 1 is 1.19 bits per heavy atom. The molecule has 1 fully saturated rings. The van der Waals surface area contributed by atoms with Crippen LogP contribution in [-0.2, 0) is 0 Å². The Bertz CT molecular complexity index is 227. The minimum absolute atomic E-state index is 0.118. The van der Waals surface area contributed by atoms with Crippen LogP contribution < -0.4 is 5.73 Å². The number of hydrogen-bond donors (Lipinski definition) is 1. The van der Waals surface area contributed by atoms with Crippen molar-refractivity contribution in [2.75, 3.05) is 13.1 Å². The molecule has 1 aliphatic heterocycles. The summed E-state index contributed by atoms with van der Waals surface area (Å²) in [7, 11) is 0. The summed E-state index contributed by atoms with van der Waals surface area (Å²) in [4.78, 5) is 2.63. The molecule has 0 aromatic carbocycles. The van der Waals surface area contributed by atoms with Crippen LogP contribution in [0.4, 0.5) is 0 Å². The van der Waals surface area contributed by atoms with E-state index >= 15 is 0 Å². The number of nitrogens with two attached hydrogens (primary N) is 1. The Hall–Kier alpha value is -0.0800. The van der Waals surface area contributed by atoms with E-state index in [1.807, 2.05) is 0 Å². The Morgan fingerprint density at radius 2 is 1.75 bits per heavy atom. The molecule has 1 saturated heterocycles. The average molecular weight is 226 g/mol. The van der Waals surface area contributed by atoms with Gasteiger partial charge in [-0.1, -0.05) is 20.8 Å². The topological polar surface area (TPSA) is 29.3 Å². The lowest BCUT2D eigenvalue weighted by molar-refractivity contribution is 0.0450. The molecule has 0 radical (unpaired) electrons. The monoisotopic (exact) mass is 226 g/mol. The van der Waals surface area contributed by atoms with Crippen molar-refractivity contribution in [3.8, 4) is 0 Å². The van der Waals surface area contributed by atoms with Crippen LogP contribution in [0.15, 0.2) is 0 Å². The standard InChI is InChI=1S/C14H30N2/c1-11-8-7-9-16(12(11)2)10-13(3,4)14(5,6)15/h11-12H,7-10,15H2,1-6H3. The second-order valence-electron chi connectivity index (χ2n) is 6.94. The van der Waals surface area contributed by atoms with Crippen LogP contribution in [0.5, 0.6) is 0 Å². The van der Waals surface area contributed by atoms with E-state index in [1.165, 1.54) is 19.4 Å². The zero-order chi connectivity index (χ0) is 12.6. The summed E-state index contributed by atoms with van der Waals surface area (Å²) < 4.78 is 0. The summed E-state index contributed by atoms with van der Waals surface area (Å²) in [5.74, 6) is 0.824. The van der Waals surface area contributed by atoms with Gasteiger partial charge in [-0.3, -0.25) is 4.90 Å². The third kappa shape index (κ3) is 2.98. The van der Waals surface area contributed by atoms with Crippen molar-refractivity contribution >= 4 is 0 Å². The Morgan fingerprint density at radius 3 is 2.25 bits per heavy atom. The first kappa shape index (κ1) is 14.0. The van der Waals surface area contributed by atoms with Crippen LogP contribution in [0.25, 0.3) is 0 Å². The molecule has 0 spiro atoms. The number of rotatable bonds is 3. The van der Waals surface area contributed by atoms with Gasteiger partial charge in [-0.2, -0.15) is 0 Å². The lowest BCUT2D eigenvalue weighted by Gasteiger charge is -2.46. The van der Waals surface area contributed by atoms with Gasteiger partial charge in [0, 0.05) is 18.1 Å². The van der Waals surface area contributed by atoms with Crippen molar-refractivity contribution in [1.82, 2.24) is 4.90 Å². The van der Waals surface area contributed by atoms with E-state index in [4.69, 9.17) is 5.73 Å². The average Bonchev–Trinajstić information content (AvgIpc) is 2.11. The minimum atomic E-state index is -0.118. The lowest BCUT2D eigenvalue weighted by Crippen LogP contribution is -2.56. The highest BCUT2D eigenvalue weighted by Crippen LogP contribution is 2.32. The molecule has 0 aliphatic carbocycles. The summed E-state index contributed by atoms with van der Waals surface area (Å²) in [6.07, 6.45) is 2.72. The fraction of sp³-hybridized carbons (Fsp3) is 1.00. The van der Waals surface area contributed by atoms with E-state index in [-0.39, 0.29) is 11.0 Å². The molecular weight excluding hydrogens is 196 g/mol. The molecule has 0 saturated carbocycles. The second kappa shape index (κ2) is 4.66. The lowest BCUT2D eigenvalue weighted by atomic mass is 9.74. The van der Waals surface area contributed by atoms with E-state index in [9.17, 15) is 0 Å². The Balaban J connectivity index is 2.66. The van der Waals surface area contributed by atoms with Crippen LogP contribution >= 0.6 is 0 Å². The number of likely N-dealkylation sites (tertiary alicyclic amines) is 1. The van der Waals surface area contributed by atoms with Gasteiger partial charge >= 0.3 is 0 Å². The van der Waals surface area contributed by atoms with E-state index in [2.05, 4.69) is 46.4 Å². The first-order valence-corrected chi connectivity index (χ1v) is 6.68. The molecule has 0 amide bonds. The van der Waals surface area contributed by atoms with Crippen molar-refractivity contribution in [1.29, 1.82) is 0 Å². The Labute approximate surface area is 102 Å². The van der Waals surface area contributed by atoms with Crippen molar-refractivity contribution in [3.05, 3.63) is 0 Å². The SMILES string of the molecule is CC1CCCN(CC(C)(C)C(C)(C)N)C1C. The molecule has 2 heteroatoms. The maximum Gasteiger partial charge on any atom is 0.0161 e. The summed E-state index contributed by atoms with van der Waals surface area (Å²) >= 11 is 0. The summed E-state index contributed by atoms with van der Waals surface area (Å²) in [5, 5.41) is 0. The first-order chi connectivity index (χ1) is 7.15. The zero-order valence-corrected chi connectivity index (χ0v) is 12.0. The van der Waals surface area contributed by atoms with Crippen molar-refractivity contribution in [2.24, 2.45) is 17.1 Å². The molecule has 2 unspecified atom stereocenters. The zero-order valence-electron chi connectivity index (χ0n) is 12.0. The molecule has 1 rings (SSSR count). The number of nitrogens with zero attached hydrogens (tertiary/aromatic N) is 1. The van der Waals surface area contributed by atoms with Gasteiger partial charge in [0.05, 0.1) is 0 Å². The van der Waals surface area contributed by atoms with E-state index in [0.29, 0.717) is 6.04 Å². The van der Waals surface area contributed by atoms with Crippen molar-refractivity contribution in [3.63, 3.8) is 0 Å². The van der Waals surface area contributed by atoms with Crippen LogP contribution in [0.1, 0.15) is 54.4 Å². The minimum Gasteiger partial charge on any atom is -0.325 e. The van der Waals surface area contributed by atoms with Crippen molar-refractivity contribution < 1.29 is 0 Å². The third-order valence-electron chi connectivity index (χ3n) is 4.85. The highest BCUT2D eigenvalue weighted by molar-refractivity contribution is 4.94. The van der Waals surface area contributed by atoms with Gasteiger partial charge in [0.2, 0.25) is 0 Å². The van der Waals surface area contributed by atoms with E-state index in [1.54, 1.807) is 0 Å². The molecule has 96 valence electrons. The van der Waals surface area contributed by atoms with E-state index < -0.39 is 0 Å². The van der Waals surface area contributed by atoms with Gasteiger partial charge in [-0.15, -0.1) is 0 Å². The maximum atomic E-state index is 6.28. The van der Waals surface area contributed by atoms with E-state index in [0.717, 1.165) is 12.5 Å². The highest BCUT2D eigenvalue weighted by Gasteiger charge is 2.37. The van der Waals surface area contributed by atoms with Crippen LogP contribution in [-0.4, -0.2) is 29.6 Å². The fourth-order valence-electron chi connectivity index (χ4n) is 2.36. The summed E-state index contributed by atoms with van der Waals surface area (Å²) in [5.41, 5.74) is 6.33. The van der Waals surface area contributed by atoms with Crippen LogP contribution in [0.2, 0.25) is 0 Å².